The molecule has 1 atom stereocenters. The number of carbonyl (C=O) groups excluding carboxylic acids is 1. The van der Waals surface area contributed by atoms with Gasteiger partial charge in [-0.25, -0.2) is 4.98 Å². The molecule has 0 saturated carbocycles. The summed E-state index contributed by atoms with van der Waals surface area (Å²) in [6.45, 7) is 4.79. The number of nitrogens with zero attached hydrogens (tertiary/aromatic N) is 2. The number of nitrogens with one attached hydrogen (secondary N) is 2. The van der Waals surface area contributed by atoms with Gasteiger partial charge in [-0.3, -0.25) is 14.5 Å². The first-order chi connectivity index (χ1) is 11.2. The fourth-order valence-electron chi connectivity index (χ4n) is 3.15. The number of likely N-dealkylation sites (tertiary alicyclic amines) is 1. The van der Waals surface area contributed by atoms with Gasteiger partial charge in [0.15, 0.2) is 0 Å². The molecule has 1 saturated heterocycles. The monoisotopic (exact) mass is 314 g/mol. The van der Waals surface area contributed by atoms with Crippen molar-refractivity contribution in [3.8, 4) is 0 Å². The van der Waals surface area contributed by atoms with E-state index >= 15 is 0 Å². The first-order valence-corrected chi connectivity index (χ1v) is 8.15. The molecule has 0 spiro atoms. The van der Waals surface area contributed by atoms with E-state index in [4.69, 9.17) is 0 Å². The average Bonchev–Trinajstić information content (AvgIpc) is 2.55. The van der Waals surface area contributed by atoms with E-state index in [1.807, 2.05) is 25.1 Å². The highest BCUT2D eigenvalue weighted by atomic mass is 16.2. The van der Waals surface area contributed by atoms with Crippen molar-refractivity contribution in [2.24, 2.45) is 5.92 Å². The number of fused-ring (bicyclic) bond motifs is 1. The molecule has 1 aromatic heterocycles. The number of aromatic amines is 1. The van der Waals surface area contributed by atoms with Gasteiger partial charge in [0.05, 0.1) is 23.4 Å². The van der Waals surface area contributed by atoms with Crippen LogP contribution in [0.25, 0.3) is 10.9 Å². The van der Waals surface area contributed by atoms with Gasteiger partial charge in [-0.2, -0.15) is 0 Å². The molecule has 0 radical (unpaired) electrons. The molecular weight excluding hydrogens is 292 g/mol. The van der Waals surface area contributed by atoms with E-state index in [1.165, 1.54) is 0 Å². The van der Waals surface area contributed by atoms with E-state index in [1.54, 1.807) is 6.07 Å². The summed E-state index contributed by atoms with van der Waals surface area (Å²) in [7, 11) is 0. The molecule has 6 nitrogen and oxygen atoms in total. The second-order valence-corrected chi connectivity index (χ2v) is 6.00. The predicted octanol–water partition coefficient (Wildman–Crippen LogP) is 1.27. The van der Waals surface area contributed by atoms with Gasteiger partial charge in [0.2, 0.25) is 5.91 Å². The summed E-state index contributed by atoms with van der Waals surface area (Å²) in [4.78, 5) is 33.7. The Balaban J connectivity index is 1.74. The van der Waals surface area contributed by atoms with Crippen LogP contribution in [0.4, 0.5) is 0 Å². The quantitative estimate of drug-likeness (QED) is 0.891. The van der Waals surface area contributed by atoms with Gasteiger partial charge in [0, 0.05) is 13.1 Å². The second kappa shape index (κ2) is 6.91. The maximum atomic E-state index is 12.1. The first-order valence-electron chi connectivity index (χ1n) is 8.15. The molecule has 1 aliphatic heterocycles. The number of aromatic nitrogens is 2. The molecule has 0 unspecified atom stereocenters. The molecule has 2 N–H and O–H groups in total. The van der Waals surface area contributed by atoms with Gasteiger partial charge in [-0.05, 0) is 38.4 Å². The molecule has 1 fully saturated rings. The Labute approximate surface area is 134 Å². The van der Waals surface area contributed by atoms with Crippen LogP contribution in [-0.2, 0) is 11.3 Å². The van der Waals surface area contributed by atoms with Crippen molar-refractivity contribution in [3.05, 3.63) is 40.4 Å². The molecule has 122 valence electrons. The molecular formula is C17H22N4O2. The normalized spacial score (nSPS) is 18.9. The molecule has 6 heteroatoms. The van der Waals surface area contributed by atoms with Crippen LogP contribution >= 0.6 is 0 Å². The highest BCUT2D eigenvalue weighted by Gasteiger charge is 2.25. The number of hydrogen-bond acceptors (Lipinski definition) is 4. The molecule has 0 aliphatic carbocycles. The number of benzene rings is 1. The molecule has 1 amide bonds. The van der Waals surface area contributed by atoms with Gasteiger partial charge in [0.1, 0.15) is 5.82 Å². The fraction of sp³-hybridized carbons (Fsp3) is 0.471. The molecule has 1 aromatic carbocycles. The summed E-state index contributed by atoms with van der Waals surface area (Å²) in [5, 5.41) is 3.50. The zero-order valence-corrected chi connectivity index (χ0v) is 13.3. The summed E-state index contributed by atoms with van der Waals surface area (Å²) >= 11 is 0. The summed E-state index contributed by atoms with van der Waals surface area (Å²) in [5.41, 5.74) is 0.603. The fourth-order valence-corrected chi connectivity index (χ4v) is 3.15. The molecule has 2 heterocycles. The Kier molecular flexibility index (Phi) is 4.71. The summed E-state index contributed by atoms with van der Waals surface area (Å²) in [5.74, 6) is 0.804. The van der Waals surface area contributed by atoms with Gasteiger partial charge >= 0.3 is 0 Å². The second-order valence-electron chi connectivity index (χ2n) is 6.00. The van der Waals surface area contributed by atoms with Crippen molar-refractivity contribution in [3.63, 3.8) is 0 Å². The van der Waals surface area contributed by atoms with Crippen molar-refractivity contribution >= 4 is 16.8 Å². The van der Waals surface area contributed by atoms with Crippen LogP contribution in [0.5, 0.6) is 0 Å². The van der Waals surface area contributed by atoms with E-state index in [9.17, 15) is 9.59 Å². The molecule has 1 aliphatic rings. The van der Waals surface area contributed by atoms with Crippen molar-refractivity contribution in [2.75, 3.05) is 19.6 Å². The topological polar surface area (TPSA) is 78.1 Å². The molecule has 23 heavy (non-hydrogen) atoms. The highest BCUT2D eigenvalue weighted by Crippen LogP contribution is 2.18. The number of rotatable bonds is 4. The Morgan fingerprint density at radius 1 is 1.43 bits per heavy atom. The lowest BCUT2D eigenvalue weighted by Crippen LogP contribution is -2.43. The summed E-state index contributed by atoms with van der Waals surface area (Å²) in [6, 6.07) is 7.34. The van der Waals surface area contributed by atoms with Gasteiger partial charge in [0.25, 0.3) is 5.56 Å². The smallest absolute Gasteiger partial charge is 0.258 e. The van der Waals surface area contributed by atoms with Crippen molar-refractivity contribution in [1.29, 1.82) is 0 Å². The number of piperidine rings is 1. The lowest BCUT2D eigenvalue weighted by molar-refractivity contribution is -0.126. The van der Waals surface area contributed by atoms with E-state index in [-0.39, 0.29) is 17.4 Å². The maximum absolute atomic E-state index is 12.1. The van der Waals surface area contributed by atoms with Gasteiger partial charge in [-0.1, -0.05) is 12.1 Å². The minimum Gasteiger partial charge on any atom is -0.356 e. The lowest BCUT2D eigenvalue weighted by atomic mass is 9.97. The lowest BCUT2D eigenvalue weighted by Gasteiger charge is -2.31. The van der Waals surface area contributed by atoms with Crippen LogP contribution in [0.2, 0.25) is 0 Å². The maximum Gasteiger partial charge on any atom is 0.258 e. The number of amides is 1. The minimum absolute atomic E-state index is 0.0240. The number of hydrogen-bond donors (Lipinski definition) is 2. The third-order valence-electron chi connectivity index (χ3n) is 4.26. The Hall–Kier alpha value is -2.21. The molecule has 0 bridgehead atoms. The SMILES string of the molecule is CCNC(=O)[C@@H]1CCCN(Cc2nc3ccccc3c(=O)[nH]2)C1. The van der Waals surface area contributed by atoms with Crippen molar-refractivity contribution in [1.82, 2.24) is 20.2 Å². The van der Waals surface area contributed by atoms with E-state index < -0.39 is 0 Å². The van der Waals surface area contributed by atoms with Crippen LogP contribution in [0, 0.1) is 5.92 Å². The van der Waals surface area contributed by atoms with Crippen LogP contribution < -0.4 is 10.9 Å². The average molecular weight is 314 g/mol. The highest BCUT2D eigenvalue weighted by molar-refractivity contribution is 5.79. The van der Waals surface area contributed by atoms with Gasteiger partial charge < -0.3 is 10.3 Å². The van der Waals surface area contributed by atoms with Crippen molar-refractivity contribution < 1.29 is 4.79 Å². The van der Waals surface area contributed by atoms with Crippen LogP contribution in [0.1, 0.15) is 25.6 Å². The van der Waals surface area contributed by atoms with Crippen molar-refractivity contribution in [2.45, 2.75) is 26.3 Å². The standard InChI is InChI=1S/C17H22N4O2/c1-2-18-16(22)12-6-5-9-21(10-12)11-15-19-14-8-4-3-7-13(14)17(23)20-15/h3-4,7-8,12H,2,5-6,9-11H2,1H3,(H,18,22)(H,19,20,23)/t12-/m1/s1. The zero-order chi connectivity index (χ0) is 16.2. The third-order valence-corrected chi connectivity index (χ3v) is 4.26. The van der Waals surface area contributed by atoms with Crippen LogP contribution in [0.3, 0.4) is 0 Å². The largest absolute Gasteiger partial charge is 0.356 e. The number of para-hydroxylation sites is 1. The Morgan fingerprint density at radius 2 is 2.26 bits per heavy atom. The predicted molar refractivity (Wildman–Crippen MR) is 89.0 cm³/mol. The summed E-state index contributed by atoms with van der Waals surface area (Å²) < 4.78 is 0. The van der Waals surface area contributed by atoms with Crippen LogP contribution in [-0.4, -0.2) is 40.4 Å². The summed E-state index contributed by atoms with van der Waals surface area (Å²) in [6.07, 6.45) is 1.91. The Morgan fingerprint density at radius 3 is 3.09 bits per heavy atom. The van der Waals surface area contributed by atoms with E-state index in [0.717, 1.165) is 19.4 Å². The molecule has 3 rings (SSSR count). The number of carbonyl (C=O) groups is 1. The van der Waals surface area contributed by atoms with E-state index in [2.05, 4.69) is 20.2 Å². The molecule has 2 aromatic rings. The van der Waals surface area contributed by atoms with E-state index in [0.29, 0.717) is 36.4 Å². The van der Waals surface area contributed by atoms with Crippen LogP contribution in [0.15, 0.2) is 29.1 Å². The Bertz CT molecular complexity index is 756. The first kappa shape index (κ1) is 15.7. The zero-order valence-electron chi connectivity index (χ0n) is 13.3. The minimum atomic E-state index is -0.108. The van der Waals surface area contributed by atoms with Gasteiger partial charge in [-0.15, -0.1) is 0 Å². The third kappa shape index (κ3) is 3.59. The number of H-pyrrole nitrogens is 1.